The molecule has 18 heavy (non-hydrogen) atoms. The maximum Gasteiger partial charge on any atom is 0.123 e. The molecule has 2 aromatic rings. The Morgan fingerprint density at radius 1 is 1.44 bits per heavy atom. The van der Waals surface area contributed by atoms with Crippen molar-refractivity contribution in [3.63, 3.8) is 0 Å². The SMILES string of the molecule is CCNC(Cc1cc(F)ccc1C)c1ncc[nH]1. The molecule has 1 atom stereocenters. The first-order chi connectivity index (χ1) is 8.70. The lowest BCUT2D eigenvalue weighted by Gasteiger charge is -2.17. The van der Waals surface area contributed by atoms with Gasteiger partial charge in [0.25, 0.3) is 0 Å². The van der Waals surface area contributed by atoms with E-state index < -0.39 is 0 Å². The van der Waals surface area contributed by atoms with Gasteiger partial charge in [0.1, 0.15) is 11.6 Å². The van der Waals surface area contributed by atoms with Gasteiger partial charge >= 0.3 is 0 Å². The largest absolute Gasteiger partial charge is 0.347 e. The standard InChI is InChI=1S/C14H18FN3/c1-3-16-13(14-17-6-7-18-14)9-11-8-12(15)5-4-10(11)2/h4-8,13,16H,3,9H2,1-2H3,(H,17,18). The summed E-state index contributed by atoms with van der Waals surface area (Å²) in [6.45, 7) is 4.90. The Morgan fingerprint density at radius 3 is 2.94 bits per heavy atom. The number of H-pyrrole nitrogens is 1. The zero-order chi connectivity index (χ0) is 13.0. The van der Waals surface area contributed by atoms with Gasteiger partial charge < -0.3 is 10.3 Å². The second-order valence-corrected chi connectivity index (χ2v) is 4.36. The lowest BCUT2D eigenvalue weighted by atomic mass is 10.0. The average molecular weight is 247 g/mol. The number of rotatable bonds is 5. The van der Waals surface area contributed by atoms with Crippen LogP contribution in [0.4, 0.5) is 4.39 Å². The first-order valence-electron chi connectivity index (χ1n) is 6.18. The van der Waals surface area contributed by atoms with Crippen LogP contribution in [0.5, 0.6) is 0 Å². The molecule has 0 bridgehead atoms. The molecule has 2 rings (SSSR count). The highest BCUT2D eigenvalue weighted by atomic mass is 19.1. The van der Waals surface area contributed by atoms with Crippen LogP contribution >= 0.6 is 0 Å². The van der Waals surface area contributed by atoms with Gasteiger partial charge in [-0.25, -0.2) is 9.37 Å². The van der Waals surface area contributed by atoms with Crippen molar-refractivity contribution in [1.82, 2.24) is 15.3 Å². The highest BCUT2D eigenvalue weighted by Gasteiger charge is 2.14. The summed E-state index contributed by atoms with van der Waals surface area (Å²) in [5.74, 6) is 0.700. The normalized spacial score (nSPS) is 12.6. The lowest BCUT2D eigenvalue weighted by molar-refractivity contribution is 0.523. The molecule has 0 aliphatic carbocycles. The number of benzene rings is 1. The Labute approximate surface area is 106 Å². The molecule has 0 spiro atoms. The van der Waals surface area contributed by atoms with Gasteiger partial charge in [-0.05, 0) is 43.1 Å². The third-order valence-electron chi connectivity index (χ3n) is 3.04. The number of nitrogens with one attached hydrogen (secondary N) is 2. The van der Waals surface area contributed by atoms with Gasteiger partial charge in [0, 0.05) is 12.4 Å². The highest BCUT2D eigenvalue weighted by Crippen LogP contribution is 2.19. The van der Waals surface area contributed by atoms with E-state index in [9.17, 15) is 4.39 Å². The monoisotopic (exact) mass is 247 g/mol. The Kier molecular flexibility index (Phi) is 4.10. The number of nitrogens with zero attached hydrogens (tertiary/aromatic N) is 1. The number of aromatic amines is 1. The van der Waals surface area contributed by atoms with Gasteiger partial charge in [-0.2, -0.15) is 0 Å². The first kappa shape index (κ1) is 12.8. The summed E-state index contributed by atoms with van der Waals surface area (Å²) in [4.78, 5) is 7.38. The van der Waals surface area contributed by atoms with Crippen molar-refractivity contribution in [2.75, 3.05) is 6.54 Å². The van der Waals surface area contributed by atoms with Crippen LogP contribution in [0.3, 0.4) is 0 Å². The molecule has 0 aliphatic heterocycles. The molecular formula is C14H18FN3. The van der Waals surface area contributed by atoms with Gasteiger partial charge in [-0.15, -0.1) is 0 Å². The van der Waals surface area contributed by atoms with E-state index in [1.54, 1.807) is 18.5 Å². The lowest BCUT2D eigenvalue weighted by Crippen LogP contribution is -2.24. The van der Waals surface area contributed by atoms with Gasteiger partial charge in [0.2, 0.25) is 0 Å². The number of aromatic nitrogens is 2. The average Bonchev–Trinajstić information content (AvgIpc) is 2.87. The summed E-state index contributed by atoms with van der Waals surface area (Å²) in [5.41, 5.74) is 2.11. The molecule has 0 radical (unpaired) electrons. The summed E-state index contributed by atoms with van der Waals surface area (Å²) < 4.78 is 13.3. The minimum Gasteiger partial charge on any atom is -0.347 e. The molecule has 2 N–H and O–H groups in total. The molecule has 0 saturated heterocycles. The van der Waals surface area contributed by atoms with Crippen LogP contribution in [0.25, 0.3) is 0 Å². The van der Waals surface area contributed by atoms with Crippen LogP contribution in [-0.2, 0) is 6.42 Å². The summed E-state index contributed by atoms with van der Waals surface area (Å²) in [6.07, 6.45) is 4.27. The van der Waals surface area contributed by atoms with E-state index in [1.165, 1.54) is 6.07 Å². The predicted molar refractivity (Wildman–Crippen MR) is 69.8 cm³/mol. The molecule has 0 amide bonds. The third-order valence-corrected chi connectivity index (χ3v) is 3.04. The number of imidazole rings is 1. The van der Waals surface area contributed by atoms with Crippen LogP contribution in [0.15, 0.2) is 30.6 Å². The van der Waals surface area contributed by atoms with Gasteiger partial charge in [-0.3, -0.25) is 0 Å². The summed E-state index contributed by atoms with van der Waals surface area (Å²) in [6, 6.07) is 5.00. The molecule has 96 valence electrons. The Hall–Kier alpha value is -1.68. The first-order valence-corrected chi connectivity index (χ1v) is 6.18. The van der Waals surface area contributed by atoms with Crippen LogP contribution in [0.1, 0.15) is 29.9 Å². The summed E-state index contributed by atoms with van der Waals surface area (Å²) in [7, 11) is 0. The van der Waals surface area contributed by atoms with E-state index in [-0.39, 0.29) is 11.9 Å². The molecule has 1 aromatic heterocycles. The van der Waals surface area contributed by atoms with Crippen LogP contribution in [0.2, 0.25) is 0 Å². The van der Waals surface area contributed by atoms with E-state index in [2.05, 4.69) is 15.3 Å². The van der Waals surface area contributed by atoms with Gasteiger partial charge in [-0.1, -0.05) is 13.0 Å². The van der Waals surface area contributed by atoms with E-state index in [1.807, 2.05) is 19.9 Å². The molecule has 1 heterocycles. The van der Waals surface area contributed by atoms with E-state index in [0.29, 0.717) is 0 Å². The van der Waals surface area contributed by atoms with E-state index in [0.717, 1.165) is 29.9 Å². The minimum atomic E-state index is -0.190. The van der Waals surface area contributed by atoms with Crippen molar-refractivity contribution < 1.29 is 4.39 Å². The van der Waals surface area contributed by atoms with Gasteiger partial charge in [0.05, 0.1) is 6.04 Å². The molecule has 3 nitrogen and oxygen atoms in total. The fourth-order valence-corrected chi connectivity index (χ4v) is 2.06. The van der Waals surface area contributed by atoms with E-state index in [4.69, 9.17) is 0 Å². The number of aryl methyl sites for hydroxylation is 1. The van der Waals surface area contributed by atoms with Crippen LogP contribution in [-0.4, -0.2) is 16.5 Å². The van der Waals surface area contributed by atoms with Crippen molar-refractivity contribution >= 4 is 0 Å². The second-order valence-electron chi connectivity index (χ2n) is 4.36. The van der Waals surface area contributed by atoms with Gasteiger partial charge in [0.15, 0.2) is 0 Å². The molecule has 0 aliphatic rings. The fourth-order valence-electron chi connectivity index (χ4n) is 2.06. The van der Waals surface area contributed by atoms with Crippen molar-refractivity contribution in [3.8, 4) is 0 Å². The highest BCUT2D eigenvalue weighted by molar-refractivity contribution is 5.28. The van der Waals surface area contributed by atoms with Crippen LogP contribution < -0.4 is 5.32 Å². The zero-order valence-electron chi connectivity index (χ0n) is 10.7. The van der Waals surface area contributed by atoms with Crippen molar-refractivity contribution in [2.24, 2.45) is 0 Å². The van der Waals surface area contributed by atoms with Crippen molar-refractivity contribution in [1.29, 1.82) is 0 Å². The Balaban J connectivity index is 2.21. The molecular weight excluding hydrogens is 229 g/mol. The number of hydrogen-bond donors (Lipinski definition) is 2. The second kappa shape index (κ2) is 5.78. The van der Waals surface area contributed by atoms with Crippen molar-refractivity contribution in [3.05, 3.63) is 53.4 Å². The quantitative estimate of drug-likeness (QED) is 0.853. The topological polar surface area (TPSA) is 40.7 Å². The molecule has 4 heteroatoms. The maximum atomic E-state index is 13.3. The molecule has 1 unspecified atom stereocenters. The fraction of sp³-hybridized carbons (Fsp3) is 0.357. The van der Waals surface area contributed by atoms with Crippen LogP contribution in [0, 0.1) is 12.7 Å². The molecule has 0 saturated carbocycles. The predicted octanol–water partition coefficient (Wildman–Crippen LogP) is 2.75. The third kappa shape index (κ3) is 2.96. The Bertz CT molecular complexity index is 494. The summed E-state index contributed by atoms with van der Waals surface area (Å²) >= 11 is 0. The van der Waals surface area contributed by atoms with E-state index >= 15 is 0 Å². The number of halogens is 1. The molecule has 1 aromatic carbocycles. The smallest absolute Gasteiger partial charge is 0.123 e. The Morgan fingerprint density at radius 2 is 2.28 bits per heavy atom. The minimum absolute atomic E-state index is 0.0884. The molecule has 0 fully saturated rings. The number of likely N-dealkylation sites (N-methyl/N-ethyl adjacent to an activating group) is 1. The zero-order valence-corrected chi connectivity index (χ0v) is 10.7. The number of hydrogen-bond acceptors (Lipinski definition) is 2. The maximum absolute atomic E-state index is 13.3. The summed E-state index contributed by atoms with van der Waals surface area (Å²) in [5, 5.41) is 3.36. The van der Waals surface area contributed by atoms with Crippen molar-refractivity contribution in [2.45, 2.75) is 26.3 Å².